The predicted octanol–water partition coefficient (Wildman–Crippen LogP) is 1.10. The zero-order chi connectivity index (χ0) is 11.2. The summed E-state index contributed by atoms with van der Waals surface area (Å²) in [6, 6.07) is 0. The summed E-state index contributed by atoms with van der Waals surface area (Å²) in [5.74, 6) is 0.862. The average Bonchev–Trinajstić information content (AvgIpc) is 2.95. The lowest BCUT2D eigenvalue weighted by Crippen LogP contribution is -2.35. The molecule has 2 rings (SSSR count). The molecule has 2 aliphatic rings. The first kappa shape index (κ1) is 11.9. The molecule has 16 heavy (non-hydrogen) atoms. The molecule has 1 atom stereocenters. The molecule has 1 saturated heterocycles. The molecular weight excluding hydrogens is 206 g/mol. The van der Waals surface area contributed by atoms with Gasteiger partial charge in [0.15, 0.2) is 0 Å². The van der Waals surface area contributed by atoms with Crippen molar-refractivity contribution in [3.63, 3.8) is 0 Å². The van der Waals surface area contributed by atoms with E-state index in [1.54, 1.807) is 0 Å². The molecule has 1 amide bonds. The molecule has 4 nitrogen and oxygen atoms in total. The predicted molar refractivity (Wildman–Crippen MR) is 60.1 cm³/mol. The summed E-state index contributed by atoms with van der Waals surface area (Å²) in [5.41, 5.74) is 0. The van der Waals surface area contributed by atoms with Crippen LogP contribution in [0.5, 0.6) is 0 Å². The van der Waals surface area contributed by atoms with Crippen LogP contribution < -0.4 is 5.32 Å². The average molecular weight is 227 g/mol. The van der Waals surface area contributed by atoms with Crippen LogP contribution in [0.25, 0.3) is 0 Å². The SMILES string of the molecule is O=C(NCCCOCC1CC1)C1CCCO1. The first-order valence-electron chi connectivity index (χ1n) is 6.33. The highest BCUT2D eigenvalue weighted by molar-refractivity contribution is 5.80. The summed E-state index contributed by atoms with van der Waals surface area (Å²) in [6.07, 6.45) is 5.22. The maximum atomic E-state index is 11.5. The van der Waals surface area contributed by atoms with Gasteiger partial charge in [-0.05, 0) is 38.0 Å². The maximum absolute atomic E-state index is 11.5. The van der Waals surface area contributed by atoms with E-state index >= 15 is 0 Å². The highest BCUT2D eigenvalue weighted by atomic mass is 16.5. The van der Waals surface area contributed by atoms with E-state index in [0.29, 0.717) is 6.54 Å². The van der Waals surface area contributed by atoms with E-state index in [1.165, 1.54) is 12.8 Å². The van der Waals surface area contributed by atoms with Crippen molar-refractivity contribution in [1.29, 1.82) is 0 Å². The second-order valence-corrected chi connectivity index (χ2v) is 4.66. The van der Waals surface area contributed by atoms with Crippen LogP contribution in [0, 0.1) is 5.92 Å². The molecule has 2 fully saturated rings. The Morgan fingerprint density at radius 2 is 2.25 bits per heavy atom. The lowest BCUT2D eigenvalue weighted by atomic mass is 10.2. The molecule has 92 valence electrons. The third-order valence-electron chi connectivity index (χ3n) is 3.04. The zero-order valence-electron chi connectivity index (χ0n) is 9.74. The van der Waals surface area contributed by atoms with Crippen LogP contribution in [0.2, 0.25) is 0 Å². The fourth-order valence-corrected chi connectivity index (χ4v) is 1.82. The Bertz CT molecular complexity index is 222. The van der Waals surface area contributed by atoms with Gasteiger partial charge in [-0.25, -0.2) is 0 Å². The molecular formula is C12H21NO3. The van der Waals surface area contributed by atoms with E-state index in [-0.39, 0.29) is 12.0 Å². The van der Waals surface area contributed by atoms with Gasteiger partial charge in [0.25, 0.3) is 0 Å². The largest absolute Gasteiger partial charge is 0.381 e. The van der Waals surface area contributed by atoms with Gasteiger partial charge < -0.3 is 14.8 Å². The molecule has 1 heterocycles. The minimum Gasteiger partial charge on any atom is -0.381 e. The van der Waals surface area contributed by atoms with E-state index in [9.17, 15) is 4.79 Å². The number of carbonyl (C=O) groups is 1. The number of amides is 1. The molecule has 0 spiro atoms. The Labute approximate surface area is 96.7 Å². The summed E-state index contributed by atoms with van der Waals surface area (Å²) in [6.45, 7) is 3.08. The summed E-state index contributed by atoms with van der Waals surface area (Å²) in [4.78, 5) is 11.5. The minimum absolute atomic E-state index is 0.0414. The fourth-order valence-electron chi connectivity index (χ4n) is 1.82. The summed E-state index contributed by atoms with van der Waals surface area (Å²) in [7, 11) is 0. The van der Waals surface area contributed by atoms with Gasteiger partial charge in [-0.1, -0.05) is 0 Å². The van der Waals surface area contributed by atoms with Crippen LogP contribution >= 0.6 is 0 Å². The summed E-state index contributed by atoms with van der Waals surface area (Å²) >= 11 is 0. The molecule has 1 aliphatic carbocycles. The van der Waals surface area contributed by atoms with Crippen molar-refractivity contribution in [1.82, 2.24) is 5.32 Å². The van der Waals surface area contributed by atoms with Crippen molar-refractivity contribution >= 4 is 5.91 Å². The monoisotopic (exact) mass is 227 g/mol. The molecule has 1 N–H and O–H groups in total. The summed E-state index contributed by atoms with van der Waals surface area (Å²) in [5, 5.41) is 2.88. The number of rotatable bonds is 7. The molecule has 0 bridgehead atoms. The maximum Gasteiger partial charge on any atom is 0.249 e. The topological polar surface area (TPSA) is 47.6 Å². The van der Waals surface area contributed by atoms with Crippen molar-refractivity contribution in [3.05, 3.63) is 0 Å². The van der Waals surface area contributed by atoms with Gasteiger partial charge in [0.1, 0.15) is 6.10 Å². The van der Waals surface area contributed by atoms with Gasteiger partial charge >= 0.3 is 0 Å². The first-order chi connectivity index (χ1) is 7.86. The minimum atomic E-state index is -0.201. The number of ether oxygens (including phenoxy) is 2. The van der Waals surface area contributed by atoms with Gasteiger partial charge in [-0.15, -0.1) is 0 Å². The number of hydrogen-bond donors (Lipinski definition) is 1. The van der Waals surface area contributed by atoms with Gasteiger partial charge in [0.05, 0.1) is 0 Å². The van der Waals surface area contributed by atoms with E-state index < -0.39 is 0 Å². The van der Waals surface area contributed by atoms with E-state index in [4.69, 9.17) is 9.47 Å². The van der Waals surface area contributed by atoms with Crippen molar-refractivity contribution in [3.8, 4) is 0 Å². The second-order valence-electron chi connectivity index (χ2n) is 4.66. The van der Waals surface area contributed by atoms with Crippen LogP contribution in [-0.2, 0) is 14.3 Å². The Morgan fingerprint density at radius 1 is 1.38 bits per heavy atom. The molecule has 0 aromatic rings. The van der Waals surface area contributed by atoms with Gasteiger partial charge in [-0.3, -0.25) is 4.79 Å². The lowest BCUT2D eigenvalue weighted by molar-refractivity contribution is -0.130. The van der Waals surface area contributed by atoms with Crippen molar-refractivity contribution in [2.75, 3.05) is 26.4 Å². The number of hydrogen-bond acceptors (Lipinski definition) is 3. The smallest absolute Gasteiger partial charge is 0.249 e. The molecule has 0 aromatic carbocycles. The Morgan fingerprint density at radius 3 is 2.94 bits per heavy atom. The Kier molecular flexibility index (Phi) is 4.60. The van der Waals surface area contributed by atoms with Crippen LogP contribution in [-0.4, -0.2) is 38.4 Å². The van der Waals surface area contributed by atoms with Crippen LogP contribution in [0.15, 0.2) is 0 Å². The van der Waals surface area contributed by atoms with Crippen LogP contribution in [0.4, 0.5) is 0 Å². The van der Waals surface area contributed by atoms with Crippen molar-refractivity contribution in [2.45, 2.75) is 38.2 Å². The van der Waals surface area contributed by atoms with Crippen LogP contribution in [0.1, 0.15) is 32.1 Å². The Balaban J connectivity index is 1.42. The highest BCUT2D eigenvalue weighted by Crippen LogP contribution is 2.28. The van der Waals surface area contributed by atoms with Gasteiger partial charge in [-0.2, -0.15) is 0 Å². The Hall–Kier alpha value is -0.610. The van der Waals surface area contributed by atoms with E-state index in [2.05, 4.69) is 5.32 Å². The third-order valence-corrected chi connectivity index (χ3v) is 3.04. The molecule has 4 heteroatoms. The number of nitrogens with one attached hydrogen (secondary N) is 1. The zero-order valence-corrected chi connectivity index (χ0v) is 9.74. The molecule has 0 aromatic heterocycles. The lowest BCUT2D eigenvalue weighted by Gasteiger charge is -2.10. The molecule has 0 radical (unpaired) electrons. The van der Waals surface area contributed by atoms with Crippen molar-refractivity contribution in [2.24, 2.45) is 5.92 Å². The fraction of sp³-hybridized carbons (Fsp3) is 0.917. The van der Waals surface area contributed by atoms with E-state index in [0.717, 1.165) is 45.0 Å². The van der Waals surface area contributed by atoms with Gasteiger partial charge in [0.2, 0.25) is 5.91 Å². The molecule has 1 aliphatic heterocycles. The highest BCUT2D eigenvalue weighted by Gasteiger charge is 2.23. The normalized spacial score (nSPS) is 24.6. The summed E-state index contributed by atoms with van der Waals surface area (Å²) < 4.78 is 10.8. The number of carbonyl (C=O) groups excluding carboxylic acids is 1. The van der Waals surface area contributed by atoms with Crippen LogP contribution in [0.3, 0.4) is 0 Å². The van der Waals surface area contributed by atoms with Gasteiger partial charge in [0, 0.05) is 26.4 Å². The third kappa shape index (κ3) is 4.10. The molecule has 1 saturated carbocycles. The molecule has 1 unspecified atom stereocenters. The second kappa shape index (κ2) is 6.21. The standard InChI is InChI=1S/C12H21NO3/c14-12(11-3-1-8-16-11)13-6-2-7-15-9-10-4-5-10/h10-11H,1-9H2,(H,13,14). The van der Waals surface area contributed by atoms with Crippen molar-refractivity contribution < 1.29 is 14.3 Å². The first-order valence-corrected chi connectivity index (χ1v) is 6.33. The van der Waals surface area contributed by atoms with E-state index in [1.807, 2.05) is 0 Å². The quantitative estimate of drug-likeness (QED) is 0.662.